The maximum absolute atomic E-state index is 12.6. The molecule has 1 spiro atoms. The van der Waals surface area contributed by atoms with Gasteiger partial charge in [0.25, 0.3) is 0 Å². The number of aryl methyl sites for hydroxylation is 1. The van der Waals surface area contributed by atoms with E-state index < -0.39 is 14.6 Å². The zero-order valence-corrected chi connectivity index (χ0v) is 15.6. The highest BCUT2D eigenvalue weighted by atomic mass is 32.2. The lowest BCUT2D eigenvalue weighted by molar-refractivity contribution is -0.137. The van der Waals surface area contributed by atoms with Crippen molar-refractivity contribution < 1.29 is 17.9 Å². The molecule has 2 aliphatic rings. The van der Waals surface area contributed by atoms with Crippen molar-refractivity contribution in [2.45, 2.75) is 44.3 Å². The molecule has 2 aliphatic heterocycles. The molecule has 2 saturated heterocycles. The first-order valence-corrected chi connectivity index (χ1v) is 10.5. The van der Waals surface area contributed by atoms with Crippen molar-refractivity contribution in [2.24, 2.45) is 5.92 Å². The number of nitrogens with zero attached hydrogens (tertiary/aromatic N) is 3. The Hall–Kier alpha value is -1.70. The van der Waals surface area contributed by atoms with Crippen molar-refractivity contribution in [3.63, 3.8) is 0 Å². The monoisotopic (exact) mass is 367 g/mol. The highest BCUT2D eigenvalue weighted by Crippen LogP contribution is 2.45. The molecule has 0 N–H and O–H groups in total. The Bertz CT molecular complexity index is 744. The lowest BCUT2D eigenvalue weighted by atomic mass is 9.83. The van der Waals surface area contributed by atoms with E-state index in [-0.39, 0.29) is 30.2 Å². The van der Waals surface area contributed by atoms with E-state index >= 15 is 0 Å². The quantitative estimate of drug-likeness (QED) is 0.754. The molecule has 0 aliphatic carbocycles. The molecule has 1 atom stereocenters. The zero-order valence-electron chi connectivity index (χ0n) is 14.8. The molecule has 8 heteroatoms. The molecule has 25 heavy (non-hydrogen) atoms. The molecule has 3 heterocycles. The van der Waals surface area contributed by atoms with Gasteiger partial charge in [-0.3, -0.25) is 4.79 Å². The average Bonchev–Trinajstić information content (AvgIpc) is 2.80. The van der Waals surface area contributed by atoms with Crippen molar-refractivity contribution >= 4 is 15.7 Å². The Morgan fingerprint density at radius 3 is 2.88 bits per heavy atom. The highest BCUT2D eigenvalue weighted by molar-refractivity contribution is 7.93. The molecule has 1 aromatic heterocycles. The van der Waals surface area contributed by atoms with Crippen LogP contribution >= 0.6 is 0 Å². The first-order valence-electron chi connectivity index (χ1n) is 8.80. The van der Waals surface area contributed by atoms with Gasteiger partial charge in [-0.1, -0.05) is 13.3 Å². The topological polar surface area (TPSA) is 89.5 Å². The third-order valence-electron chi connectivity index (χ3n) is 5.30. The number of amides is 1. The van der Waals surface area contributed by atoms with E-state index in [1.165, 1.54) is 0 Å². The van der Waals surface area contributed by atoms with E-state index in [9.17, 15) is 13.2 Å². The normalized spacial score (nSPS) is 23.4. The number of carbonyl (C=O) groups excluding carboxylic acids is 1. The summed E-state index contributed by atoms with van der Waals surface area (Å²) in [4.78, 5) is 22.1. The van der Waals surface area contributed by atoms with Crippen LogP contribution in [0.1, 0.15) is 38.3 Å². The van der Waals surface area contributed by atoms with Crippen LogP contribution in [0.5, 0.6) is 6.01 Å². The maximum Gasteiger partial charge on any atom is 0.316 e. The number of sulfone groups is 1. The summed E-state index contributed by atoms with van der Waals surface area (Å²) in [6.45, 7) is 4.73. The average molecular weight is 367 g/mol. The van der Waals surface area contributed by atoms with Gasteiger partial charge in [0.2, 0.25) is 5.91 Å². The molecule has 0 bridgehead atoms. The number of hydrogen-bond donors (Lipinski definition) is 0. The Labute approximate surface area is 148 Å². The van der Waals surface area contributed by atoms with Crippen molar-refractivity contribution in [1.82, 2.24) is 14.9 Å². The highest BCUT2D eigenvalue weighted by Gasteiger charge is 2.62. The summed E-state index contributed by atoms with van der Waals surface area (Å²) in [6, 6.07) is 2.05. The molecule has 7 nitrogen and oxygen atoms in total. The summed E-state index contributed by atoms with van der Waals surface area (Å²) in [5.74, 6) is 0.0836. The third-order valence-corrected chi connectivity index (χ3v) is 7.90. The molecule has 0 radical (unpaired) electrons. The fraction of sp³-hybridized carbons (Fsp3) is 0.706. The minimum Gasteiger partial charge on any atom is -0.463 e. The lowest BCUT2D eigenvalue weighted by Gasteiger charge is -2.49. The Morgan fingerprint density at radius 2 is 2.20 bits per heavy atom. The van der Waals surface area contributed by atoms with Crippen LogP contribution in [0, 0.1) is 12.8 Å². The Balaban J connectivity index is 1.65. The molecule has 0 saturated carbocycles. The predicted molar refractivity (Wildman–Crippen MR) is 93.0 cm³/mol. The van der Waals surface area contributed by atoms with E-state index in [0.29, 0.717) is 25.9 Å². The smallest absolute Gasteiger partial charge is 0.316 e. The van der Waals surface area contributed by atoms with Gasteiger partial charge in [-0.05, 0) is 25.8 Å². The largest absolute Gasteiger partial charge is 0.463 e. The van der Waals surface area contributed by atoms with Gasteiger partial charge >= 0.3 is 6.01 Å². The van der Waals surface area contributed by atoms with Crippen LogP contribution in [0.15, 0.2) is 12.3 Å². The number of rotatable bonds is 6. The summed E-state index contributed by atoms with van der Waals surface area (Å²) in [5, 5.41) is 0. The molecule has 2 fully saturated rings. The van der Waals surface area contributed by atoms with E-state index in [4.69, 9.17) is 4.74 Å². The van der Waals surface area contributed by atoms with E-state index in [2.05, 4.69) is 9.97 Å². The number of likely N-dealkylation sites (tertiary alicyclic amines) is 1. The summed E-state index contributed by atoms with van der Waals surface area (Å²) < 4.78 is 30.0. The molecule has 3 rings (SSSR count). The summed E-state index contributed by atoms with van der Waals surface area (Å²) in [7, 11) is -3.21. The van der Waals surface area contributed by atoms with E-state index in [1.807, 2.05) is 13.8 Å². The Morgan fingerprint density at radius 1 is 1.44 bits per heavy atom. The molecule has 1 amide bonds. The van der Waals surface area contributed by atoms with Crippen molar-refractivity contribution in [1.29, 1.82) is 0 Å². The summed E-state index contributed by atoms with van der Waals surface area (Å²) in [5.41, 5.74) is 0.801. The van der Waals surface area contributed by atoms with Gasteiger partial charge in [0.05, 0.1) is 12.4 Å². The maximum atomic E-state index is 12.6. The number of aromatic nitrogens is 2. The first kappa shape index (κ1) is 18.1. The second-order valence-corrected chi connectivity index (χ2v) is 9.46. The number of unbranched alkanes of at least 4 members (excludes halogenated alkanes) is 1. The Kier molecular flexibility index (Phi) is 4.99. The van der Waals surface area contributed by atoms with Crippen LogP contribution in [0.4, 0.5) is 0 Å². The minimum absolute atomic E-state index is 0.0521. The van der Waals surface area contributed by atoms with Gasteiger partial charge in [0, 0.05) is 37.3 Å². The van der Waals surface area contributed by atoms with Crippen LogP contribution in [-0.4, -0.2) is 59.4 Å². The SMILES string of the molecule is CCCCC(=O)N1CC2(C1)[C@@H](COc1nccc(C)n1)CCS2(=O)=O. The second kappa shape index (κ2) is 6.90. The van der Waals surface area contributed by atoms with Crippen LogP contribution in [0.25, 0.3) is 0 Å². The molecule has 0 aromatic carbocycles. The summed E-state index contributed by atoms with van der Waals surface area (Å²) >= 11 is 0. The van der Waals surface area contributed by atoms with Gasteiger partial charge < -0.3 is 9.64 Å². The van der Waals surface area contributed by atoms with Gasteiger partial charge in [-0.15, -0.1) is 0 Å². The van der Waals surface area contributed by atoms with Crippen molar-refractivity contribution in [3.05, 3.63) is 18.0 Å². The molecule has 138 valence electrons. The van der Waals surface area contributed by atoms with Gasteiger partial charge in [0.1, 0.15) is 4.75 Å². The van der Waals surface area contributed by atoms with Gasteiger partial charge in [0.15, 0.2) is 9.84 Å². The van der Waals surface area contributed by atoms with Crippen LogP contribution in [0.2, 0.25) is 0 Å². The number of hydrogen-bond acceptors (Lipinski definition) is 6. The van der Waals surface area contributed by atoms with E-state index in [0.717, 1.165) is 18.5 Å². The first-order chi connectivity index (χ1) is 11.9. The second-order valence-electron chi connectivity index (χ2n) is 7.01. The van der Waals surface area contributed by atoms with Crippen molar-refractivity contribution in [2.75, 3.05) is 25.4 Å². The zero-order chi connectivity index (χ0) is 18.1. The minimum atomic E-state index is -3.21. The standard InChI is InChI=1S/C17H25N3O4S/c1-3-4-5-15(21)20-11-17(12-20)14(7-9-25(17,22)23)10-24-16-18-8-6-13(2)19-16/h6,8,14H,3-5,7,9-12H2,1-2H3/t14-/m1/s1. The number of ether oxygens (including phenoxy) is 1. The lowest BCUT2D eigenvalue weighted by Crippen LogP contribution is -2.68. The van der Waals surface area contributed by atoms with E-state index in [1.54, 1.807) is 17.2 Å². The molecular weight excluding hydrogens is 342 g/mol. The molecule has 0 unspecified atom stereocenters. The molecule has 1 aromatic rings. The molecular formula is C17H25N3O4S. The predicted octanol–water partition coefficient (Wildman–Crippen LogP) is 1.37. The van der Waals surface area contributed by atoms with Gasteiger partial charge in [-0.2, -0.15) is 0 Å². The fourth-order valence-electron chi connectivity index (χ4n) is 3.64. The van der Waals surface area contributed by atoms with Crippen LogP contribution in [-0.2, 0) is 14.6 Å². The third kappa shape index (κ3) is 3.36. The van der Waals surface area contributed by atoms with Gasteiger partial charge in [-0.25, -0.2) is 18.4 Å². The summed E-state index contributed by atoms with van der Waals surface area (Å²) in [6.07, 6.45) is 4.47. The van der Waals surface area contributed by atoms with Crippen molar-refractivity contribution in [3.8, 4) is 6.01 Å². The number of carbonyl (C=O) groups is 1. The van der Waals surface area contributed by atoms with Crippen LogP contribution in [0.3, 0.4) is 0 Å². The van der Waals surface area contributed by atoms with Crippen LogP contribution < -0.4 is 4.74 Å². The fourth-order valence-corrected chi connectivity index (χ4v) is 6.04.